The van der Waals surface area contributed by atoms with E-state index in [-0.39, 0.29) is 17.9 Å². The molecule has 0 atom stereocenters. The van der Waals surface area contributed by atoms with Crippen LogP contribution in [0.2, 0.25) is 0 Å². The number of carbonyl (C=O) groups is 1. The molecule has 4 rings (SSSR count). The zero-order valence-corrected chi connectivity index (χ0v) is 18.1. The van der Waals surface area contributed by atoms with Crippen LogP contribution in [-0.4, -0.2) is 33.6 Å². The van der Waals surface area contributed by atoms with Crippen molar-refractivity contribution in [3.05, 3.63) is 50.1 Å². The van der Waals surface area contributed by atoms with E-state index in [4.69, 9.17) is 4.74 Å². The highest BCUT2D eigenvalue weighted by Crippen LogP contribution is 2.33. The maximum Gasteiger partial charge on any atom is 0.262 e. The highest BCUT2D eigenvalue weighted by atomic mass is 32.1. The fourth-order valence-electron chi connectivity index (χ4n) is 4.33. The van der Waals surface area contributed by atoms with Crippen molar-refractivity contribution in [2.75, 3.05) is 13.7 Å². The lowest BCUT2D eigenvalue weighted by atomic mass is 9.97. The summed E-state index contributed by atoms with van der Waals surface area (Å²) in [5, 5.41) is 0.727. The number of methoxy groups -OCH3 is 1. The Morgan fingerprint density at radius 2 is 2.07 bits per heavy atom. The molecule has 7 heteroatoms. The second-order valence-electron chi connectivity index (χ2n) is 7.77. The van der Waals surface area contributed by atoms with E-state index in [2.05, 4.69) is 9.55 Å². The summed E-state index contributed by atoms with van der Waals surface area (Å²) in [5.41, 5.74) is 3.75. The predicted molar refractivity (Wildman–Crippen MR) is 115 cm³/mol. The van der Waals surface area contributed by atoms with Crippen molar-refractivity contribution in [1.82, 2.24) is 14.1 Å². The third-order valence-corrected chi connectivity index (χ3v) is 7.06. The molecule has 154 valence electrons. The van der Waals surface area contributed by atoms with Crippen molar-refractivity contribution >= 4 is 27.3 Å². The number of rotatable bonds is 7. The number of thiophene rings is 1. The number of Topliss-reactive ketones (excluding diaryl/α,β-unsaturated/α-hetero) is 1. The quantitative estimate of drug-likeness (QED) is 0.438. The van der Waals surface area contributed by atoms with Crippen LogP contribution in [0.15, 0.2) is 17.2 Å². The first-order valence-corrected chi connectivity index (χ1v) is 11.0. The Bertz CT molecular complexity index is 1120. The third kappa shape index (κ3) is 3.69. The number of aromatic nitrogens is 3. The molecule has 0 amide bonds. The zero-order chi connectivity index (χ0) is 20.5. The Morgan fingerprint density at radius 1 is 1.28 bits per heavy atom. The number of hydrogen-bond acceptors (Lipinski definition) is 5. The van der Waals surface area contributed by atoms with E-state index in [0.29, 0.717) is 12.2 Å². The molecule has 3 heterocycles. The minimum absolute atomic E-state index is 0.0226. The van der Waals surface area contributed by atoms with E-state index >= 15 is 0 Å². The number of nitrogens with zero attached hydrogens (tertiary/aromatic N) is 3. The highest BCUT2D eigenvalue weighted by molar-refractivity contribution is 7.18. The lowest BCUT2D eigenvalue weighted by molar-refractivity contribution is 0.0970. The summed E-state index contributed by atoms with van der Waals surface area (Å²) in [5.74, 6) is -0.0524. The number of carbonyl (C=O) groups excluding carboxylic acids is 1. The van der Waals surface area contributed by atoms with Crippen molar-refractivity contribution in [1.29, 1.82) is 0 Å². The summed E-state index contributed by atoms with van der Waals surface area (Å²) in [7, 11) is 1.69. The van der Waals surface area contributed by atoms with Gasteiger partial charge in [-0.15, -0.1) is 11.3 Å². The topological polar surface area (TPSA) is 66.1 Å². The normalized spacial score (nSPS) is 13.8. The number of fused-ring (bicyclic) bond motifs is 3. The molecule has 3 aromatic heterocycles. The fourth-order valence-corrected chi connectivity index (χ4v) is 5.55. The molecule has 0 radical (unpaired) electrons. The van der Waals surface area contributed by atoms with Gasteiger partial charge in [0, 0.05) is 42.1 Å². The molecule has 1 aliphatic rings. The van der Waals surface area contributed by atoms with E-state index in [0.717, 1.165) is 59.4 Å². The van der Waals surface area contributed by atoms with Gasteiger partial charge in [-0.05, 0) is 57.6 Å². The first kappa shape index (κ1) is 20.0. The lowest BCUT2D eigenvalue weighted by Gasteiger charge is -2.11. The maximum atomic E-state index is 13.1. The molecule has 0 aliphatic heterocycles. The zero-order valence-electron chi connectivity index (χ0n) is 17.3. The van der Waals surface area contributed by atoms with Gasteiger partial charge in [0.2, 0.25) is 0 Å². The third-order valence-electron chi connectivity index (χ3n) is 5.86. The van der Waals surface area contributed by atoms with E-state index < -0.39 is 0 Å². The molecule has 6 nitrogen and oxygen atoms in total. The van der Waals surface area contributed by atoms with Gasteiger partial charge in [0.25, 0.3) is 5.56 Å². The van der Waals surface area contributed by atoms with Crippen LogP contribution in [0.25, 0.3) is 10.2 Å². The van der Waals surface area contributed by atoms with Crippen LogP contribution in [-0.2, 0) is 30.7 Å². The molecule has 0 bridgehead atoms. The first-order valence-electron chi connectivity index (χ1n) is 10.2. The molecule has 0 aromatic carbocycles. The van der Waals surface area contributed by atoms with Crippen LogP contribution in [0.5, 0.6) is 0 Å². The van der Waals surface area contributed by atoms with Gasteiger partial charge in [0.05, 0.1) is 18.3 Å². The second kappa shape index (κ2) is 8.24. The minimum Gasteiger partial charge on any atom is -0.385 e. The van der Waals surface area contributed by atoms with Gasteiger partial charge >= 0.3 is 0 Å². The largest absolute Gasteiger partial charge is 0.385 e. The molecular weight excluding hydrogens is 386 g/mol. The lowest BCUT2D eigenvalue weighted by Crippen LogP contribution is -2.25. The van der Waals surface area contributed by atoms with E-state index in [1.807, 2.05) is 19.9 Å². The summed E-state index contributed by atoms with van der Waals surface area (Å²) in [6, 6.07) is 1.92. The Hall–Kier alpha value is -2.25. The average molecular weight is 414 g/mol. The molecule has 0 saturated carbocycles. The van der Waals surface area contributed by atoms with Crippen molar-refractivity contribution in [3.8, 4) is 0 Å². The highest BCUT2D eigenvalue weighted by Gasteiger charge is 2.21. The summed E-state index contributed by atoms with van der Waals surface area (Å²) in [6.07, 6.45) is 6.68. The molecule has 0 fully saturated rings. The van der Waals surface area contributed by atoms with Gasteiger partial charge in [-0.25, -0.2) is 4.98 Å². The second-order valence-corrected chi connectivity index (χ2v) is 8.86. The Kier molecular flexibility index (Phi) is 5.69. The molecule has 0 spiro atoms. The van der Waals surface area contributed by atoms with Crippen LogP contribution in [0.3, 0.4) is 0 Å². The Labute approximate surface area is 174 Å². The number of aryl methyl sites for hydroxylation is 3. The van der Waals surface area contributed by atoms with E-state index in [1.54, 1.807) is 18.4 Å². The van der Waals surface area contributed by atoms with Crippen molar-refractivity contribution in [2.24, 2.45) is 0 Å². The smallest absolute Gasteiger partial charge is 0.262 e. The predicted octanol–water partition coefficient (Wildman–Crippen LogP) is 3.67. The average Bonchev–Trinajstić information content (AvgIpc) is 3.22. The fraction of sp³-hybridized carbons (Fsp3) is 0.500. The van der Waals surface area contributed by atoms with Crippen LogP contribution >= 0.6 is 11.3 Å². The van der Waals surface area contributed by atoms with E-state index in [1.165, 1.54) is 22.2 Å². The number of ketones is 1. The van der Waals surface area contributed by atoms with Gasteiger partial charge in [-0.3, -0.25) is 14.2 Å². The van der Waals surface area contributed by atoms with Gasteiger partial charge < -0.3 is 9.30 Å². The Morgan fingerprint density at radius 3 is 2.86 bits per heavy atom. The summed E-state index contributed by atoms with van der Waals surface area (Å²) >= 11 is 1.63. The molecule has 0 unspecified atom stereocenters. The molecule has 0 saturated heterocycles. The van der Waals surface area contributed by atoms with Gasteiger partial charge in [0.1, 0.15) is 4.83 Å². The molecular formula is C22H27N3O3S. The molecule has 1 aliphatic carbocycles. The van der Waals surface area contributed by atoms with Crippen LogP contribution in [0.1, 0.15) is 51.4 Å². The number of ether oxygens (including phenoxy) is 1. The standard InChI is InChI=1S/C22H27N3O3S/c1-14-11-17(15(2)25(14)9-6-10-28-3)18(26)12-24-13-23-21-20(22(24)27)16-7-4-5-8-19(16)29-21/h11,13H,4-10,12H2,1-3H3. The summed E-state index contributed by atoms with van der Waals surface area (Å²) in [6.45, 7) is 5.49. The van der Waals surface area contributed by atoms with Crippen molar-refractivity contribution in [2.45, 2.75) is 59.0 Å². The molecule has 29 heavy (non-hydrogen) atoms. The van der Waals surface area contributed by atoms with Crippen molar-refractivity contribution in [3.63, 3.8) is 0 Å². The van der Waals surface area contributed by atoms with Crippen LogP contribution < -0.4 is 5.56 Å². The summed E-state index contributed by atoms with van der Waals surface area (Å²) in [4.78, 5) is 32.7. The molecule has 0 N–H and O–H groups in total. The van der Waals surface area contributed by atoms with Crippen LogP contribution in [0, 0.1) is 13.8 Å². The first-order chi connectivity index (χ1) is 14.0. The van der Waals surface area contributed by atoms with Gasteiger partial charge in [-0.2, -0.15) is 0 Å². The van der Waals surface area contributed by atoms with Crippen molar-refractivity contribution < 1.29 is 9.53 Å². The van der Waals surface area contributed by atoms with E-state index in [9.17, 15) is 9.59 Å². The SMILES string of the molecule is COCCCn1c(C)cc(C(=O)Cn2cnc3sc4c(c3c2=O)CCCC4)c1C. The molecule has 3 aromatic rings. The Balaban J connectivity index is 1.62. The van der Waals surface area contributed by atoms with Gasteiger partial charge in [-0.1, -0.05) is 0 Å². The summed E-state index contributed by atoms with van der Waals surface area (Å²) < 4.78 is 8.75. The van der Waals surface area contributed by atoms with Crippen LogP contribution in [0.4, 0.5) is 0 Å². The number of hydrogen-bond donors (Lipinski definition) is 0. The maximum absolute atomic E-state index is 13.1. The minimum atomic E-state index is -0.0864. The monoisotopic (exact) mass is 413 g/mol. The van der Waals surface area contributed by atoms with Gasteiger partial charge in [0.15, 0.2) is 5.78 Å².